The van der Waals surface area contributed by atoms with Gasteiger partial charge in [-0.2, -0.15) is 0 Å². The molecule has 1 heterocycles. The van der Waals surface area contributed by atoms with Gasteiger partial charge in [0, 0.05) is 17.2 Å². The molecule has 0 saturated carbocycles. The molecule has 0 aliphatic carbocycles. The van der Waals surface area contributed by atoms with Crippen molar-refractivity contribution in [2.45, 2.75) is 13.5 Å². The van der Waals surface area contributed by atoms with Crippen LogP contribution in [0.25, 0.3) is 6.08 Å². The van der Waals surface area contributed by atoms with Gasteiger partial charge in [-0.3, -0.25) is 10.1 Å². The van der Waals surface area contributed by atoms with Crippen molar-refractivity contribution in [3.8, 4) is 11.5 Å². The molecule has 0 amide bonds. The maximum absolute atomic E-state index is 13.4. The molecule has 3 aromatic carbocycles. The Balaban J connectivity index is 1.62. The van der Waals surface area contributed by atoms with Gasteiger partial charge >= 0.3 is 5.97 Å². The second-order valence-electron chi connectivity index (χ2n) is 7.50. The van der Waals surface area contributed by atoms with Gasteiger partial charge in [-0.15, -0.1) is 0 Å². The van der Waals surface area contributed by atoms with E-state index in [1.807, 2.05) is 0 Å². The fourth-order valence-electron chi connectivity index (χ4n) is 3.48. The summed E-state index contributed by atoms with van der Waals surface area (Å²) in [6.45, 7) is 1.69. The van der Waals surface area contributed by atoms with Crippen molar-refractivity contribution in [2.75, 3.05) is 7.11 Å². The fourth-order valence-corrected chi connectivity index (χ4v) is 4.05. The first-order chi connectivity index (χ1) is 16.8. The molecule has 1 aliphatic rings. The highest BCUT2D eigenvalue weighted by Gasteiger charge is 2.27. The number of benzene rings is 3. The molecule has 10 heteroatoms. The van der Waals surface area contributed by atoms with E-state index in [4.69, 9.17) is 14.2 Å². The number of carbonyl (C=O) groups is 1. The molecule has 8 nitrogen and oxygen atoms in total. The summed E-state index contributed by atoms with van der Waals surface area (Å²) in [7, 11) is 1.47. The fraction of sp³-hybridized carbons (Fsp3) is 0.120. The number of cyclic esters (lactones) is 1. The summed E-state index contributed by atoms with van der Waals surface area (Å²) in [6, 6.07) is 13.9. The lowest BCUT2D eigenvalue weighted by atomic mass is 10.1. The number of halogens is 2. The van der Waals surface area contributed by atoms with E-state index in [2.05, 4.69) is 20.9 Å². The minimum absolute atomic E-state index is 0.0106. The topological polar surface area (TPSA) is 100 Å². The van der Waals surface area contributed by atoms with E-state index in [1.165, 1.54) is 37.5 Å². The molecular weight excluding hydrogens is 523 g/mol. The predicted octanol–water partition coefficient (Wildman–Crippen LogP) is 5.74. The maximum atomic E-state index is 13.4. The standard InChI is InChI=1S/C25H18BrFN2O6/c1-14-18(7-4-8-21(14)29(31)32)24-28-20(25(30)35-24)11-16-10-19(26)23(22(12-16)33-2)34-13-15-5-3-6-17(27)9-15/h3-12H,13H2,1-2H3/b20-11-. The normalized spacial score (nSPS) is 14.0. The Bertz CT molecular complexity index is 1400. The van der Waals surface area contributed by atoms with E-state index in [-0.39, 0.29) is 29.7 Å². The zero-order valence-corrected chi connectivity index (χ0v) is 20.2. The summed E-state index contributed by atoms with van der Waals surface area (Å²) in [5.74, 6) is -0.268. The second-order valence-corrected chi connectivity index (χ2v) is 8.35. The Morgan fingerprint density at radius 1 is 1.20 bits per heavy atom. The van der Waals surface area contributed by atoms with Crippen LogP contribution in [0, 0.1) is 22.9 Å². The molecule has 0 radical (unpaired) electrons. The van der Waals surface area contributed by atoms with Crippen molar-refractivity contribution >= 4 is 39.6 Å². The van der Waals surface area contributed by atoms with Gasteiger partial charge in [0.25, 0.3) is 5.69 Å². The lowest BCUT2D eigenvalue weighted by molar-refractivity contribution is -0.385. The van der Waals surface area contributed by atoms with Gasteiger partial charge in [0.1, 0.15) is 12.4 Å². The number of nitrogens with zero attached hydrogens (tertiary/aromatic N) is 2. The molecule has 178 valence electrons. The Morgan fingerprint density at radius 3 is 2.69 bits per heavy atom. The summed E-state index contributed by atoms with van der Waals surface area (Å²) >= 11 is 3.45. The lowest BCUT2D eigenvalue weighted by Gasteiger charge is -2.13. The Kier molecular flexibility index (Phi) is 6.92. The lowest BCUT2D eigenvalue weighted by Crippen LogP contribution is -2.08. The SMILES string of the molecule is COc1cc(/C=C2\N=C(c3cccc([N+](=O)[O-])c3C)OC2=O)cc(Br)c1OCc1cccc(F)c1. The smallest absolute Gasteiger partial charge is 0.363 e. The van der Waals surface area contributed by atoms with Gasteiger partial charge in [0.15, 0.2) is 17.2 Å². The van der Waals surface area contributed by atoms with Crippen LogP contribution in [0.5, 0.6) is 11.5 Å². The first-order valence-electron chi connectivity index (χ1n) is 10.3. The molecule has 0 saturated heterocycles. The van der Waals surface area contributed by atoms with Gasteiger partial charge in [-0.1, -0.05) is 18.2 Å². The molecule has 0 bridgehead atoms. The van der Waals surface area contributed by atoms with Crippen LogP contribution in [0.3, 0.4) is 0 Å². The van der Waals surface area contributed by atoms with Crippen LogP contribution >= 0.6 is 15.9 Å². The van der Waals surface area contributed by atoms with Crippen molar-refractivity contribution in [1.29, 1.82) is 0 Å². The highest BCUT2D eigenvalue weighted by atomic mass is 79.9. The molecule has 0 fully saturated rings. The van der Waals surface area contributed by atoms with Gasteiger partial charge in [0.05, 0.1) is 16.5 Å². The number of nitro benzene ring substituents is 1. The number of nitro groups is 1. The van der Waals surface area contributed by atoms with E-state index in [9.17, 15) is 19.3 Å². The number of hydrogen-bond acceptors (Lipinski definition) is 7. The Hall–Kier alpha value is -4.05. The Labute approximate surface area is 207 Å². The molecule has 0 aromatic heterocycles. The monoisotopic (exact) mass is 540 g/mol. The molecule has 1 aliphatic heterocycles. The third-order valence-electron chi connectivity index (χ3n) is 5.18. The van der Waals surface area contributed by atoms with Crippen LogP contribution in [0.15, 0.2) is 69.8 Å². The van der Waals surface area contributed by atoms with Crippen molar-refractivity contribution < 1.29 is 28.3 Å². The number of aliphatic imine (C=N–C) groups is 1. The predicted molar refractivity (Wildman–Crippen MR) is 130 cm³/mol. The highest BCUT2D eigenvalue weighted by Crippen LogP contribution is 2.38. The largest absolute Gasteiger partial charge is 0.493 e. The number of ether oxygens (including phenoxy) is 3. The number of carbonyl (C=O) groups excluding carboxylic acids is 1. The van der Waals surface area contributed by atoms with Crippen LogP contribution in [-0.2, 0) is 16.1 Å². The minimum Gasteiger partial charge on any atom is -0.493 e. The average Bonchev–Trinajstić information content (AvgIpc) is 3.17. The second kappa shape index (κ2) is 10.1. The van der Waals surface area contributed by atoms with Gasteiger partial charge in [0.2, 0.25) is 5.90 Å². The third-order valence-corrected chi connectivity index (χ3v) is 5.77. The summed E-state index contributed by atoms with van der Waals surface area (Å²) in [5, 5.41) is 11.2. The zero-order chi connectivity index (χ0) is 25.1. The first kappa shape index (κ1) is 24.1. The summed E-state index contributed by atoms with van der Waals surface area (Å²) in [5.41, 5.74) is 1.84. The van der Waals surface area contributed by atoms with Crippen molar-refractivity contribution in [3.05, 3.63) is 103 Å². The van der Waals surface area contributed by atoms with E-state index in [1.54, 1.807) is 37.3 Å². The molecule has 0 N–H and O–H groups in total. The number of methoxy groups -OCH3 is 1. The van der Waals surface area contributed by atoms with Crippen LogP contribution in [0.2, 0.25) is 0 Å². The first-order valence-corrected chi connectivity index (χ1v) is 11.1. The molecule has 0 unspecified atom stereocenters. The summed E-state index contributed by atoms with van der Waals surface area (Å²) in [6.07, 6.45) is 1.51. The quantitative estimate of drug-likeness (QED) is 0.164. The zero-order valence-electron chi connectivity index (χ0n) is 18.6. The van der Waals surface area contributed by atoms with Crippen LogP contribution in [0.4, 0.5) is 10.1 Å². The summed E-state index contributed by atoms with van der Waals surface area (Å²) < 4.78 is 30.5. The number of hydrogen-bond donors (Lipinski definition) is 0. The van der Waals surface area contributed by atoms with E-state index in [0.717, 1.165) is 0 Å². The van der Waals surface area contributed by atoms with E-state index < -0.39 is 10.9 Å². The molecule has 0 spiro atoms. The van der Waals surface area contributed by atoms with Gasteiger partial charge in [-0.05, 0) is 70.4 Å². The number of rotatable bonds is 7. The maximum Gasteiger partial charge on any atom is 0.363 e. The number of esters is 1. The Morgan fingerprint density at radius 2 is 1.97 bits per heavy atom. The van der Waals surface area contributed by atoms with Crippen LogP contribution < -0.4 is 9.47 Å². The summed E-state index contributed by atoms with van der Waals surface area (Å²) in [4.78, 5) is 27.4. The van der Waals surface area contributed by atoms with E-state index in [0.29, 0.717) is 38.2 Å². The third kappa shape index (κ3) is 5.22. The van der Waals surface area contributed by atoms with Crippen molar-refractivity contribution in [1.82, 2.24) is 0 Å². The molecule has 0 atom stereocenters. The highest BCUT2D eigenvalue weighted by molar-refractivity contribution is 9.10. The molecule has 3 aromatic rings. The molecule has 4 rings (SSSR count). The average molecular weight is 541 g/mol. The van der Waals surface area contributed by atoms with E-state index >= 15 is 0 Å². The van der Waals surface area contributed by atoms with Gasteiger partial charge < -0.3 is 14.2 Å². The van der Waals surface area contributed by atoms with Crippen LogP contribution in [-0.4, -0.2) is 23.9 Å². The van der Waals surface area contributed by atoms with Crippen LogP contribution in [0.1, 0.15) is 22.3 Å². The molecule has 35 heavy (non-hydrogen) atoms. The minimum atomic E-state index is -0.688. The molecular formula is C25H18BrFN2O6. The van der Waals surface area contributed by atoms with Crippen molar-refractivity contribution in [3.63, 3.8) is 0 Å². The van der Waals surface area contributed by atoms with Gasteiger partial charge in [-0.25, -0.2) is 14.2 Å². The van der Waals surface area contributed by atoms with Crippen molar-refractivity contribution in [2.24, 2.45) is 4.99 Å².